The maximum absolute atomic E-state index is 12.6. The minimum Gasteiger partial charge on any atom is -0.326 e. The molecular weight excluding hydrogens is 368 g/mol. The van der Waals surface area contributed by atoms with Crippen LogP contribution in [0.25, 0.3) is 10.4 Å². The number of amides is 1. The monoisotopic (exact) mass is 386 g/mol. The highest BCUT2D eigenvalue weighted by molar-refractivity contribution is 7.92. The van der Waals surface area contributed by atoms with E-state index in [0.717, 1.165) is 10.4 Å². The van der Waals surface area contributed by atoms with Gasteiger partial charge in [0, 0.05) is 22.9 Å². The van der Waals surface area contributed by atoms with Gasteiger partial charge in [-0.05, 0) is 42.3 Å². The molecule has 0 aliphatic rings. The molecule has 26 heavy (non-hydrogen) atoms. The molecule has 1 aromatic heterocycles. The Morgan fingerprint density at radius 2 is 1.77 bits per heavy atom. The van der Waals surface area contributed by atoms with Gasteiger partial charge < -0.3 is 5.32 Å². The van der Waals surface area contributed by atoms with Crippen LogP contribution in [0.2, 0.25) is 0 Å². The quantitative estimate of drug-likeness (QED) is 0.679. The van der Waals surface area contributed by atoms with Crippen LogP contribution in [0.5, 0.6) is 0 Å². The summed E-state index contributed by atoms with van der Waals surface area (Å²) in [5.74, 6) is -0.139. The van der Waals surface area contributed by atoms with Crippen LogP contribution in [0.1, 0.15) is 12.5 Å². The van der Waals surface area contributed by atoms with Crippen molar-refractivity contribution in [2.24, 2.45) is 0 Å². The molecule has 0 saturated heterocycles. The fourth-order valence-corrected chi connectivity index (χ4v) is 4.76. The zero-order chi connectivity index (χ0) is 18.7. The Balaban J connectivity index is 1.85. The lowest BCUT2D eigenvalue weighted by atomic mass is 10.1. The van der Waals surface area contributed by atoms with Crippen molar-refractivity contribution in [3.8, 4) is 10.4 Å². The largest absolute Gasteiger partial charge is 0.326 e. The third kappa shape index (κ3) is 4.12. The first kappa shape index (κ1) is 18.2. The molecular formula is C19H18N2O3S2. The van der Waals surface area contributed by atoms with Crippen LogP contribution < -0.4 is 10.0 Å². The normalized spacial score (nSPS) is 11.2. The molecule has 2 aromatic carbocycles. The van der Waals surface area contributed by atoms with Crippen LogP contribution in [0.3, 0.4) is 0 Å². The molecule has 7 heteroatoms. The van der Waals surface area contributed by atoms with E-state index in [9.17, 15) is 13.2 Å². The predicted octanol–water partition coefficient (Wildman–Crippen LogP) is 4.48. The van der Waals surface area contributed by atoms with Crippen molar-refractivity contribution in [3.63, 3.8) is 0 Å². The van der Waals surface area contributed by atoms with Crippen LogP contribution >= 0.6 is 11.3 Å². The number of hydrogen-bond acceptors (Lipinski definition) is 4. The lowest BCUT2D eigenvalue weighted by Crippen LogP contribution is -2.13. The van der Waals surface area contributed by atoms with Crippen molar-refractivity contribution < 1.29 is 13.2 Å². The first-order valence-electron chi connectivity index (χ1n) is 7.90. The third-order valence-corrected chi connectivity index (χ3v) is 6.22. The van der Waals surface area contributed by atoms with E-state index in [4.69, 9.17) is 0 Å². The summed E-state index contributed by atoms with van der Waals surface area (Å²) in [6.45, 7) is 3.22. The average molecular weight is 386 g/mol. The molecule has 0 aliphatic carbocycles. The molecule has 1 amide bonds. The first-order chi connectivity index (χ1) is 12.3. The molecule has 0 unspecified atom stereocenters. The smallest absolute Gasteiger partial charge is 0.262 e. The summed E-state index contributed by atoms with van der Waals surface area (Å²) in [6, 6.07) is 16.1. The van der Waals surface area contributed by atoms with Gasteiger partial charge in [0.05, 0.1) is 10.6 Å². The number of nitrogens with one attached hydrogen (secondary N) is 2. The number of sulfonamides is 1. The highest BCUT2D eigenvalue weighted by Gasteiger charge is 2.17. The Morgan fingerprint density at radius 1 is 1.00 bits per heavy atom. The van der Waals surface area contributed by atoms with Gasteiger partial charge in [0.25, 0.3) is 10.0 Å². The van der Waals surface area contributed by atoms with E-state index < -0.39 is 10.0 Å². The zero-order valence-corrected chi connectivity index (χ0v) is 15.9. The number of carbonyl (C=O) groups is 1. The van der Waals surface area contributed by atoms with Gasteiger partial charge in [0.15, 0.2) is 0 Å². The van der Waals surface area contributed by atoms with E-state index in [1.165, 1.54) is 18.3 Å². The van der Waals surface area contributed by atoms with Crippen LogP contribution in [0.4, 0.5) is 11.4 Å². The van der Waals surface area contributed by atoms with Crippen LogP contribution in [-0.2, 0) is 14.8 Å². The van der Waals surface area contributed by atoms with Gasteiger partial charge in [-0.2, -0.15) is 0 Å². The van der Waals surface area contributed by atoms with E-state index in [-0.39, 0.29) is 10.8 Å². The van der Waals surface area contributed by atoms with Crippen molar-refractivity contribution in [2.75, 3.05) is 10.0 Å². The summed E-state index contributed by atoms with van der Waals surface area (Å²) >= 11 is 1.43. The molecule has 0 aliphatic heterocycles. The molecule has 3 rings (SSSR count). The molecule has 0 radical (unpaired) electrons. The number of thiophene rings is 1. The van der Waals surface area contributed by atoms with Crippen LogP contribution in [0, 0.1) is 6.92 Å². The molecule has 0 bridgehead atoms. The molecule has 134 valence electrons. The van der Waals surface area contributed by atoms with Crippen LogP contribution in [-0.4, -0.2) is 14.3 Å². The van der Waals surface area contributed by atoms with Crippen molar-refractivity contribution in [3.05, 3.63) is 65.5 Å². The summed E-state index contributed by atoms with van der Waals surface area (Å²) in [4.78, 5) is 12.4. The van der Waals surface area contributed by atoms with Crippen molar-refractivity contribution in [1.82, 2.24) is 0 Å². The topological polar surface area (TPSA) is 75.3 Å². The molecule has 1 heterocycles. The van der Waals surface area contributed by atoms with Crippen LogP contribution in [0.15, 0.2) is 64.9 Å². The Labute approximate surface area is 156 Å². The number of benzene rings is 2. The Kier molecular flexibility index (Phi) is 5.11. The van der Waals surface area contributed by atoms with Crippen molar-refractivity contribution >= 4 is 38.6 Å². The van der Waals surface area contributed by atoms with Gasteiger partial charge in [-0.15, -0.1) is 11.3 Å². The molecule has 0 spiro atoms. The van der Waals surface area contributed by atoms with Gasteiger partial charge in [-0.25, -0.2) is 8.42 Å². The summed E-state index contributed by atoms with van der Waals surface area (Å²) in [6.07, 6.45) is 0. The van der Waals surface area contributed by atoms with Gasteiger partial charge in [-0.1, -0.05) is 30.3 Å². The molecule has 0 fully saturated rings. The SMILES string of the molecule is CC(=O)Nc1cccc(-c2cc(NS(=O)(=O)c3ccccc3C)cs2)c1. The Bertz CT molecular complexity index is 1060. The molecule has 5 nitrogen and oxygen atoms in total. The number of aryl methyl sites for hydroxylation is 1. The lowest BCUT2D eigenvalue weighted by Gasteiger charge is -2.08. The van der Waals surface area contributed by atoms with Gasteiger partial charge >= 0.3 is 0 Å². The minimum atomic E-state index is -3.64. The molecule has 0 saturated carbocycles. The van der Waals surface area contributed by atoms with E-state index in [2.05, 4.69) is 10.0 Å². The minimum absolute atomic E-state index is 0.139. The number of anilines is 2. The second-order valence-corrected chi connectivity index (χ2v) is 8.39. The summed E-state index contributed by atoms with van der Waals surface area (Å²) in [5, 5.41) is 4.50. The summed E-state index contributed by atoms with van der Waals surface area (Å²) in [7, 11) is -3.64. The number of hydrogen-bond donors (Lipinski definition) is 2. The first-order valence-corrected chi connectivity index (χ1v) is 10.3. The summed E-state index contributed by atoms with van der Waals surface area (Å²) in [5.41, 5.74) is 2.81. The van der Waals surface area contributed by atoms with Gasteiger partial charge in [0.1, 0.15) is 0 Å². The Hall–Kier alpha value is -2.64. The zero-order valence-electron chi connectivity index (χ0n) is 14.3. The highest BCUT2D eigenvalue weighted by atomic mass is 32.2. The lowest BCUT2D eigenvalue weighted by molar-refractivity contribution is -0.114. The Morgan fingerprint density at radius 3 is 2.50 bits per heavy atom. The van der Waals surface area contributed by atoms with Gasteiger partial charge in [0.2, 0.25) is 5.91 Å². The van der Waals surface area contributed by atoms with E-state index in [0.29, 0.717) is 16.9 Å². The highest BCUT2D eigenvalue weighted by Crippen LogP contribution is 2.32. The van der Waals surface area contributed by atoms with Gasteiger partial charge in [-0.3, -0.25) is 9.52 Å². The number of carbonyl (C=O) groups excluding carboxylic acids is 1. The molecule has 0 atom stereocenters. The second kappa shape index (κ2) is 7.31. The maximum atomic E-state index is 12.6. The van der Waals surface area contributed by atoms with Crippen molar-refractivity contribution in [1.29, 1.82) is 0 Å². The second-order valence-electron chi connectivity index (χ2n) is 5.83. The fraction of sp³-hybridized carbons (Fsp3) is 0.105. The maximum Gasteiger partial charge on any atom is 0.262 e. The number of rotatable bonds is 5. The van der Waals surface area contributed by atoms with E-state index in [1.807, 2.05) is 18.2 Å². The van der Waals surface area contributed by atoms with Crippen molar-refractivity contribution in [2.45, 2.75) is 18.7 Å². The summed E-state index contributed by atoms with van der Waals surface area (Å²) < 4.78 is 27.8. The standard InChI is InChI=1S/C19H18N2O3S2/c1-13-6-3-4-9-19(13)26(23,24)21-17-11-18(25-12-17)15-7-5-8-16(10-15)20-14(2)22/h3-12,21H,1-2H3,(H,20,22). The fourth-order valence-electron chi connectivity index (χ4n) is 2.56. The molecule has 2 N–H and O–H groups in total. The average Bonchev–Trinajstić information content (AvgIpc) is 3.02. The molecule has 3 aromatic rings. The van der Waals surface area contributed by atoms with E-state index in [1.54, 1.807) is 48.7 Å². The van der Waals surface area contributed by atoms with E-state index >= 15 is 0 Å². The third-order valence-electron chi connectivity index (χ3n) is 3.70. The predicted molar refractivity (Wildman–Crippen MR) is 106 cm³/mol.